The first-order chi connectivity index (χ1) is 14.6. The second-order valence-corrected chi connectivity index (χ2v) is 7.28. The molecule has 0 atom stereocenters. The van der Waals surface area contributed by atoms with Crippen LogP contribution in [0.4, 0.5) is 0 Å². The van der Waals surface area contributed by atoms with Crippen molar-refractivity contribution in [3.63, 3.8) is 0 Å². The Hall–Kier alpha value is -3.74. The van der Waals surface area contributed by atoms with Crippen LogP contribution in [0.1, 0.15) is 17.5 Å². The van der Waals surface area contributed by atoms with Gasteiger partial charge in [-0.2, -0.15) is 10.2 Å². The van der Waals surface area contributed by atoms with Crippen molar-refractivity contribution in [1.29, 1.82) is 0 Å². The van der Waals surface area contributed by atoms with Gasteiger partial charge in [0.25, 0.3) is 0 Å². The van der Waals surface area contributed by atoms with E-state index < -0.39 is 0 Å². The smallest absolute Gasteiger partial charge is 0.224 e. The second kappa shape index (κ2) is 8.73. The molecule has 0 fully saturated rings. The number of carbonyl (C=O) groups is 1. The summed E-state index contributed by atoms with van der Waals surface area (Å²) in [5, 5.41) is 9.19. The summed E-state index contributed by atoms with van der Waals surface area (Å²) in [6.45, 7) is 1.60. The van der Waals surface area contributed by atoms with E-state index in [0.717, 1.165) is 11.1 Å². The van der Waals surface area contributed by atoms with E-state index in [0.29, 0.717) is 31.4 Å². The molecule has 0 bridgehead atoms. The number of hydrogen-bond acceptors (Lipinski definition) is 4. The highest BCUT2D eigenvalue weighted by Crippen LogP contribution is 2.10. The number of benzene rings is 2. The predicted octanol–water partition coefficient (Wildman–Crippen LogP) is 2.69. The maximum absolute atomic E-state index is 12.6. The summed E-state index contributed by atoms with van der Waals surface area (Å²) < 4.78 is 3.58. The van der Waals surface area contributed by atoms with Crippen LogP contribution in [-0.4, -0.2) is 37.4 Å². The number of amides is 1. The van der Waals surface area contributed by atoms with Crippen molar-refractivity contribution in [2.45, 2.75) is 26.1 Å². The molecule has 0 unspecified atom stereocenters. The number of rotatable bonds is 7. The van der Waals surface area contributed by atoms with Gasteiger partial charge in [-0.25, -0.2) is 0 Å². The molecule has 2 aromatic carbocycles. The average Bonchev–Trinajstić information content (AvgIpc) is 3.20. The van der Waals surface area contributed by atoms with Crippen LogP contribution in [0.3, 0.4) is 0 Å². The molecule has 0 aliphatic carbocycles. The molecular weight excluding hydrogens is 378 g/mol. The first-order valence-corrected chi connectivity index (χ1v) is 9.84. The summed E-state index contributed by atoms with van der Waals surface area (Å²) >= 11 is 0. The van der Waals surface area contributed by atoms with Crippen molar-refractivity contribution in [3.8, 4) is 0 Å². The molecule has 4 rings (SSSR count). The molecule has 0 saturated heterocycles. The lowest BCUT2D eigenvalue weighted by atomic mass is 10.2. The van der Waals surface area contributed by atoms with Crippen molar-refractivity contribution in [3.05, 3.63) is 94.5 Å². The van der Waals surface area contributed by atoms with Gasteiger partial charge in [-0.1, -0.05) is 42.5 Å². The minimum absolute atomic E-state index is 0.00962. The van der Waals surface area contributed by atoms with E-state index in [1.165, 1.54) is 11.8 Å². The molecule has 0 radical (unpaired) electrons. The van der Waals surface area contributed by atoms with Crippen LogP contribution >= 0.6 is 0 Å². The zero-order valence-corrected chi connectivity index (χ0v) is 16.8. The van der Waals surface area contributed by atoms with Gasteiger partial charge in [-0.3, -0.25) is 19.0 Å². The molecule has 7 heteroatoms. The minimum Gasteiger partial charge on any atom is -0.341 e. The Balaban J connectivity index is 1.36. The quantitative estimate of drug-likeness (QED) is 0.477. The maximum atomic E-state index is 12.6. The molecule has 2 heterocycles. The molecular formula is C23H23N5O2. The molecule has 0 aliphatic heterocycles. The van der Waals surface area contributed by atoms with E-state index in [9.17, 15) is 9.59 Å². The molecule has 1 amide bonds. The first kappa shape index (κ1) is 19.6. The molecule has 0 spiro atoms. The van der Waals surface area contributed by atoms with E-state index in [4.69, 9.17) is 0 Å². The molecule has 7 nitrogen and oxygen atoms in total. The number of hydrogen-bond donors (Lipinski definition) is 0. The normalized spacial score (nSPS) is 11.0. The summed E-state index contributed by atoms with van der Waals surface area (Å²) in [6, 6.07) is 17.4. The van der Waals surface area contributed by atoms with Gasteiger partial charge in [0.15, 0.2) is 0 Å². The lowest BCUT2D eigenvalue weighted by Crippen LogP contribution is -2.27. The van der Waals surface area contributed by atoms with Gasteiger partial charge in [0.05, 0.1) is 31.0 Å². The van der Waals surface area contributed by atoms with E-state index in [1.54, 1.807) is 28.9 Å². The Labute approximate surface area is 174 Å². The molecule has 4 aromatic rings. The Kier molecular flexibility index (Phi) is 5.70. The van der Waals surface area contributed by atoms with Gasteiger partial charge in [-0.05, 0) is 17.7 Å². The fourth-order valence-corrected chi connectivity index (χ4v) is 3.44. The number of aromatic nitrogens is 4. The first-order valence-electron chi connectivity index (χ1n) is 9.84. The summed E-state index contributed by atoms with van der Waals surface area (Å²) in [5.74, 6) is 0.00962. The standard InChI is InChI=1S/C23H23N5O2/c1-26(15-19-13-24-27(17-19)16-18-7-3-2-4-8-18)23(30)11-12-28-21-10-6-5-9-20(21)22(29)14-25-28/h2-10,13-14,17H,11-12,15-16H2,1H3. The van der Waals surface area contributed by atoms with Crippen molar-refractivity contribution in [2.75, 3.05) is 7.05 Å². The van der Waals surface area contributed by atoms with Gasteiger partial charge in [0.2, 0.25) is 11.3 Å². The maximum Gasteiger partial charge on any atom is 0.224 e. The highest BCUT2D eigenvalue weighted by Gasteiger charge is 2.12. The van der Waals surface area contributed by atoms with Crippen molar-refractivity contribution < 1.29 is 4.79 Å². The Morgan fingerprint density at radius 1 is 0.967 bits per heavy atom. The van der Waals surface area contributed by atoms with Crippen LogP contribution in [0.15, 0.2) is 78.0 Å². The zero-order chi connectivity index (χ0) is 20.9. The summed E-state index contributed by atoms with van der Waals surface area (Å²) in [7, 11) is 1.79. The molecule has 0 N–H and O–H groups in total. The van der Waals surface area contributed by atoms with Gasteiger partial charge in [-0.15, -0.1) is 0 Å². The fraction of sp³-hybridized carbons (Fsp3) is 0.217. The highest BCUT2D eigenvalue weighted by atomic mass is 16.2. The van der Waals surface area contributed by atoms with E-state index in [2.05, 4.69) is 22.3 Å². The number of fused-ring (bicyclic) bond motifs is 1. The lowest BCUT2D eigenvalue weighted by Gasteiger charge is -2.17. The zero-order valence-electron chi connectivity index (χ0n) is 16.8. The van der Waals surface area contributed by atoms with Gasteiger partial charge in [0, 0.05) is 37.2 Å². The van der Waals surface area contributed by atoms with Gasteiger partial charge >= 0.3 is 0 Å². The fourth-order valence-electron chi connectivity index (χ4n) is 3.44. The van der Waals surface area contributed by atoms with Crippen LogP contribution in [0.5, 0.6) is 0 Å². The SMILES string of the molecule is CN(Cc1cnn(Cc2ccccc2)c1)C(=O)CCn1ncc(=O)c2ccccc21. The van der Waals surface area contributed by atoms with Gasteiger partial charge in [0.1, 0.15) is 0 Å². The lowest BCUT2D eigenvalue weighted by molar-refractivity contribution is -0.130. The third kappa shape index (κ3) is 4.46. The number of nitrogens with zero attached hydrogens (tertiary/aromatic N) is 5. The topological polar surface area (TPSA) is 73.0 Å². The number of carbonyl (C=O) groups excluding carboxylic acids is 1. The van der Waals surface area contributed by atoms with Gasteiger partial charge < -0.3 is 4.90 Å². The molecule has 0 aliphatic rings. The van der Waals surface area contributed by atoms with Crippen LogP contribution in [0.2, 0.25) is 0 Å². The highest BCUT2D eigenvalue weighted by molar-refractivity contribution is 5.79. The molecule has 30 heavy (non-hydrogen) atoms. The third-order valence-electron chi connectivity index (χ3n) is 5.02. The third-order valence-corrected chi connectivity index (χ3v) is 5.02. The monoisotopic (exact) mass is 401 g/mol. The predicted molar refractivity (Wildman–Crippen MR) is 115 cm³/mol. The summed E-state index contributed by atoms with van der Waals surface area (Å²) in [6.07, 6.45) is 5.36. The van der Waals surface area contributed by atoms with E-state index in [-0.39, 0.29) is 11.3 Å². The van der Waals surface area contributed by atoms with Crippen LogP contribution in [0, 0.1) is 0 Å². The number of para-hydroxylation sites is 1. The van der Waals surface area contributed by atoms with Crippen LogP contribution in [-0.2, 0) is 24.4 Å². The summed E-state index contributed by atoms with van der Waals surface area (Å²) in [5.41, 5.74) is 2.78. The molecule has 152 valence electrons. The van der Waals surface area contributed by atoms with E-state index in [1.807, 2.05) is 47.3 Å². The average molecular weight is 401 g/mol. The van der Waals surface area contributed by atoms with Crippen LogP contribution < -0.4 is 5.43 Å². The number of aryl methyl sites for hydroxylation is 1. The largest absolute Gasteiger partial charge is 0.341 e. The molecule has 2 aromatic heterocycles. The van der Waals surface area contributed by atoms with Crippen molar-refractivity contribution >= 4 is 16.8 Å². The summed E-state index contributed by atoms with van der Waals surface area (Å²) in [4.78, 5) is 26.2. The van der Waals surface area contributed by atoms with E-state index >= 15 is 0 Å². The Morgan fingerprint density at radius 2 is 1.73 bits per heavy atom. The Bertz CT molecular complexity index is 1210. The van der Waals surface area contributed by atoms with Crippen molar-refractivity contribution in [2.24, 2.45) is 0 Å². The van der Waals surface area contributed by atoms with Crippen LogP contribution in [0.25, 0.3) is 10.9 Å². The van der Waals surface area contributed by atoms with Crippen molar-refractivity contribution in [1.82, 2.24) is 24.5 Å². The Morgan fingerprint density at radius 3 is 2.57 bits per heavy atom. The molecule has 0 saturated carbocycles. The minimum atomic E-state index is -0.113. The second-order valence-electron chi connectivity index (χ2n) is 7.28.